The van der Waals surface area contributed by atoms with E-state index in [0.717, 1.165) is 12.5 Å². The lowest BCUT2D eigenvalue weighted by atomic mass is 10.0. The van der Waals surface area contributed by atoms with E-state index in [4.69, 9.17) is 4.74 Å². The lowest BCUT2D eigenvalue weighted by Gasteiger charge is -2.17. The smallest absolute Gasteiger partial charge is 0.364 e. The van der Waals surface area contributed by atoms with Crippen LogP contribution in [0.5, 0.6) is 0 Å². The molecule has 1 aromatic heterocycles. The number of alkyl halides is 4. The van der Waals surface area contributed by atoms with Crippen LogP contribution in [-0.4, -0.2) is 40.4 Å². The monoisotopic (exact) mass is 630 g/mol. The molecule has 2 N–H and O–H groups in total. The number of halogens is 5. The molecule has 4 rings (SSSR count). The zero-order valence-corrected chi connectivity index (χ0v) is 21.8. The number of carbonyl (C=O) groups is 2. The predicted molar refractivity (Wildman–Crippen MR) is 137 cm³/mol. The van der Waals surface area contributed by atoms with Crippen molar-refractivity contribution in [2.75, 3.05) is 11.9 Å². The number of anilines is 1. The summed E-state index contributed by atoms with van der Waals surface area (Å²) in [6.07, 6.45) is -6.32. The quantitative estimate of drug-likeness (QED) is 0.205. The number of rotatable bonds is 8. The molecule has 7 nitrogen and oxygen atoms in total. The van der Waals surface area contributed by atoms with E-state index in [1.54, 1.807) is 18.2 Å². The highest BCUT2D eigenvalue weighted by atomic mass is 127. The van der Waals surface area contributed by atoms with Crippen molar-refractivity contribution in [2.24, 2.45) is 5.92 Å². The SMILES string of the molecule is C[C@@H](OCc1cc(CI)cc(-c2cc(NC(=O)[C@@H]3CNC(=O)C3)nn2-c2ccc(F)cc2)c1)C(F)(F)F. The average Bonchev–Trinajstić information content (AvgIpc) is 3.48. The number of aromatic nitrogens is 2. The molecule has 2 aromatic carbocycles. The Balaban J connectivity index is 1.70. The molecular formula is C25H23F4IN4O3. The van der Waals surface area contributed by atoms with Crippen LogP contribution in [0, 0.1) is 11.7 Å². The molecule has 1 saturated heterocycles. The minimum Gasteiger partial charge on any atom is -0.364 e. The molecule has 0 aliphatic carbocycles. The summed E-state index contributed by atoms with van der Waals surface area (Å²) in [5.74, 6) is -1.33. The van der Waals surface area contributed by atoms with Crippen molar-refractivity contribution in [1.29, 1.82) is 0 Å². The molecule has 0 bridgehead atoms. The van der Waals surface area contributed by atoms with Gasteiger partial charge < -0.3 is 15.4 Å². The van der Waals surface area contributed by atoms with E-state index in [9.17, 15) is 27.2 Å². The van der Waals surface area contributed by atoms with Gasteiger partial charge in [0.1, 0.15) is 5.82 Å². The first-order valence-corrected chi connectivity index (χ1v) is 12.9. The van der Waals surface area contributed by atoms with Crippen molar-refractivity contribution in [2.45, 2.75) is 36.7 Å². The third kappa shape index (κ3) is 6.66. The van der Waals surface area contributed by atoms with Crippen LogP contribution in [0.15, 0.2) is 48.5 Å². The number of benzene rings is 2. The number of amides is 2. The molecule has 12 heteroatoms. The molecule has 1 aliphatic rings. The second-order valence-corrected chi connectivity index (χ2v) is 9.43. The van der Waals surface area contributed by atoms with E-state index in [1.807, 2.05) is 6.07 Å². The van der Waals surface area contributed by atoms with E-state index >= 15 is 0 Å². The number of ether oxygens (including phenoxy) is 1. The third-order valence-electron chi connectivity index (χ3n) is 5.84. The van der Waals surface area contributed by atoms with Crippen LogP contribution in [0.4, 0.5) is 23.4 Å². The Morgan fingerprint density at radius 3 is 2.54 bits per heavy atom. The summed E-state index contributed by atoms with van der Waals surface area (Å²) in [6.45, 7) is 0.928. The molecule has 0 radical (unpaired) electrons. The molecule has 2 heterocycles. The normalized spacial score (nSPS) is 16.5. The van der Waals surface area contributed by atoms with Gasteiger partial charge in [0, 0.05) is 29.0 Å². The lowest BCUT2D eigenvalue weighted by Crippen LogP contribution is -2.28. The van der Waals surface area contributed by atoms with Gasteiger partial charge in [0.2, 0.25) is 11.8 Å². The minimum absolute atomic E-state index is 0.0781. The molecule has 1 aliphatic heterocycles. The largest absolute Gasteiger partial charge is 0.414 e. The summed E-state index contributed by atoms with van der Waals surface area (Å²) < 4.78 is 59.5. The predicted octanol–water partition coefficient (Wildman–Crippen LogP) is 5.16. The van der Waals surface area contributed by atoms with Gasteiger partial charge in [-0.05, 0) is 54.4 Å². The van der Waals surface area contributed by atoms with Crippen LogP contribution < -0.4 is 10.6 Å². The summed E-state index contributed by atoms with van der Waals surface area (Å²) >= 11 is 2.15. The van der Waals surface area contributed by atoms with Crippen LogP contribution >= 0.6 is 22.6 Å². The second kappa shape index (κ2) is 11.2. The number of nitrogens with one attached hydrogen (secondary N) is 2. The first kappa shape index (κ1) is 27.0. The minimum atomic E-state index is -4.47. The van der Waals surface area contributed by atoms with Gasteiger partial charge >= 0.3 is 6.18 Å². The van der Waals surface area contributed by atoms with Crippen LogP contribution in [0.1, 0.15) is 24.5 Å². The number of hydrogen-bond acceptors (Lipinski definition) is 4. The fourth-order valence-electron chi connectivity index (χ4n) is 3.83. The van der Waals surface area contributed by atoms with E-state index in [0.29, 0.717) is 26.9 Å². The maximum absolute atomic E-state index is 13.6. The van der Waals surface area contributed by atoms with Crippen LogP contribution in [0.3, 0.4) is 0 Å². The van der Waals surface area contributed by atoms with Gasteiger partial charge in [-0.3, -0.25) is 9.59 Å². The van der Waals surface area contributed by atoms with Crippen molar-refractivity contribution in [3.63, 3.8) is 0 Å². The van der Waals surface area contributed by atoms with Crippen LogP contribution in [-0.2, 0) is 25.4 Å². The average molecular weight is 630 g/mol. The Kier molecular flexibility index (Phi) is 8.17. The number of carbonyl (C=O) groups excluding carboxylic acids is 2. The van der Waals surface area contributed by atoms with Gasteiger partial charge in [0.25, 0.3) is 0 Å². The Labute approximate surface area is 223 Å². The Morgan fingerprint density at radius 2 is 1.92 bits per heavy atom. The molecule has 37 heavy (non-hydrogen) atoms. The maximum Gasteiger partial charge on any atom is 0.414 e. The third-order valence-corrected chi connectivity index (χ3v) is 6.72. The molecule has 0 saturated carbocycles. The molecule has 0 unspecified atom stereocenters. The Morgan fingerprint density at radius 1 is 1.22 bits per heavy atom. The molecule has 3 aromatic rings. The molecule has 1 fully saturated rings. The fourth-order valence-corrected chi connectivity index (χ4v) is 4.27. The Hall–Kier alpha value is -3.00. The van der Waals surface area contributed by atoms with Gasteiger partial charge in [0.15, 0.2) is 11.9 Å². The topological polar surface area (TPSA) is 85.2 Å². The van der Waals surface area contributed by atoms with E-state index in [-0.39, 0.29) is 37.2 Å². The highest BCUT2D eigenvalue weighted by Gasteiger charge is 2.37. The summed E-state index contributed by atoms with van der Waals surface area (Å²) in [7, 11) is 0. The zero-order valence-electron chi connectivity index (χ0n) is 19.6. The first-order valence-electron chi connectivity index (χ1n) is 11.3. The van der Waals surface area contributed by atoms with Crippen LogP contribution in [0.2, 0.25) is 0 Å². The fraction of sp³-hybridized carbons (Fsp3) is 0.320. The summed E-state index contributed by atoms with van der Waals surface area (Å²) in [5, 5.41) is 9.83. The van der Waals surface area contributed by atoms with Crippen molar-refractivity contribution in [3.05, 3.63) is 65.5 Å². The van der Waals surface area contributed by atoms with Crippen LogP contribution in [0.25, 0.3) is 16.9 Å². The van der Waals surface area contributed by atoms with Gasteiger partial charge in [-0.1, -0.05) is 28.7 Å². The highest BCUT2D eigenvalue weighted by Crippen LogP contribution is 2.30. The lowest BCUT2D eigenvalue weighted by molar-refractivity contribution is -0.217. The number of hydrogen-bond donors (Lipinski definition) is 2. The molecule has 0 spiro atoms. The van der Waals surface area contributed by atoms with Gasteiger partial charge in [0.05, 0.1) is 23.9 Å². The van der Waals surface area contributed by atoms with Crippen molar-refractivity contribution in [3.8, 4) is 16.9 Å². The number of nitrogens with zero attached hydrogens (tertiary/aromatic N) is 2. The maximum atomic E-state index is 13.6. The Bertz CT molecular complexity index is 1290. The summed E-state index contributed by atoms with van der Waals surface area (Å²) in [4.78, 5) is 24.2. The van der Waals surface area contributed by atoms with E-state index < -0.39 is 24.0 Å². The standard InChI is InChI=1S/C25H23F4IN4O3/c1-14(25(27,28)29)37-13-16-6-15(11-30)7-17(8-16)21-10-22(32-24(36)18-9-23(35)31-12-18)33-34(21)20-4-2-19(26)3-5-20/h2-8,10,14,18H,9,11-13H2,1H3,(H,31,35)(H,32,33,36)/t14-,18+/m1/s1. The van der Waals surface area contributed by atoms with E-state index in [1.165, 1.54) is 28.9 Å². The molecule has 2 amide bonds. The molecular weight excluding hydrogens is 607 g/mol. The van der Waals surface area contributed by atoms with Gasteiger partial charge in [-0.15, -0.1) is 5.10 Å². The highest BCUT2D eigenvalue weighted by molar-refractivity contribution is 14.1. The zero-order chi connectivity index (χ0) is 26.7. The second-order valence-electron chi connectivity index (χ2n) is 8.66. The van der Waals surface area contributed by atoms with Crippen molar-refractivity contribution >= 4 is 40.2 Å². The molecule has 196 valence electrons. The van der Waals surface area contributed by atoms with Gasteiger partial charge in [-0.2, -0.15) is 13.2 Å². The summed E-state index contributed by atoms with van der Waals surface area (Å²) in [5.41, 5.74) is 3.05. The van der Waals surface area contributed by atoms with Crippen molar-refractivity contribution < 1.29 is 31.9 Å². The summed E-state index contributed by atoms with van der Waals surface area (Å²) in [6, 6.07) is 12.5. The van der Waals surface area contributed by atoms with Gasteiger partial charge in [-0.25, -0.2) is 9.07 Å². The van der Waals surface area contributed by atoms with E-state index in [2.05, 4.69) is 38.3 Å². The molecule has 2 atom stereocenters. The first-order chi connectivity index (χ1) is 17.5. The van der Waals surface area contributed by atoms with Crippen molar-refractivity contribution in [1.82, 2.24) is 15.1 Å².